The summed E-state index contributed by atoms with van der Waals surface area (Å²) in [5.41, 5.74) is 0. The van der Waals surface area contributed by atoms with Crippen LogP contribution in [-0.2, 0) is 0 Å². The summed E-state index contributed by atoms with van der Waals surface area (Å²) in [6.45, 7) is 1.18. The monoisotopic (exact) mass is 156 g/mol. The Bertz CT molecular complexity index is 108. The van der Waals surface area contributed by atoms with E-state index in [2.05, 4.69) is 31.4 Å². The van der Waals surface area contributed by atoms with Gasteiger partial charge in [-0.25, -0.2) is 0 Å². The summed E-state index contributed by atoms with van der Waals surface area (Å²) in [6.07, 6.45) is 4.30. The predicted molar refractivity (Wildman–Crippen MR) is 48.7 cm³/mol. The second kappa shape index (κ2) is 4.07. The smallest absolute Gasteiger partial charge is 0.0219 e. The summed E-state index contributed by atoms with van der Waals surface area (Å²) in [7, 11) is 6.36. The van der Waals surface area contributed by atoms with Crippen LogP contribution in [0.3, 0.4) is 0 Å². The van der Waals surface area contributed by atoms with Crippen molar-refractivity contribution in [2.24, 2.45) is 5.92 Å². The van der Waals surface area contributed by atoms with Crippen LogP contribution in [0.4, 0.5) is 0 Å². The molecular formula is C9H20N2. The lowest BCUT2D eigenvalue weighted by molar-refractivity contribution is 0.199. The average Bonchev–Trinajstić information content (AvgIpc) is 1.81. The van der Waals surface area contributed by atoms with Gasteiger partial charge in [-0.1, -0.05) is 6.42 Å². The molecule has 0 aromatic rings. The number of hydrogen-bond donors (Lipinski definition) is 1. The van der Waals surface area contributed by atoms with E-state index in [1.54, 1.807) is 0 Å². The Morgan fingerprint density at radius 1 is 1.45 bits per heavy atom. The van der Waals surface area contributed by atoms with E-state index in [1.807, 2.05) is 0 Å². The minimum absolute atomic E-state index is 0.721. The molecular weight excluding hydrogens is 136 g/mol. The zero-order valence-corrected chi connectivity index (χ0v) is 7.93. The lowest BCUT2D eigenvalue weighted by Gasteiger charge is -2.35. The fraction of sp³-hybridized carbons (Fsp3) is 1.00. The Labute approximate surface area is 70.0 Å². The highest BCUT2D eigenvalue weighted by atomic mass is 15.1. The topological polar surface area (TPSA) is 15.3 Å². The van der Waals surface area contributed by atoms with Crippen molar-refractivity contribution in [3.8, 4) is 0 Å². The molecule has 11 heavy (non-hydrogen) atoms. The van der Waals surface area contributed by atoms with Crippen LogP contribution < -0.4 is 5.32 Å². The SMILES string of the molecule is CNC(CN(C)C)C1CCC1. The lowest BCUT2D eigenvalue weighted by Crippen LogP contribution is -2.44. The zero-order valence-electron chi connectivity index (χ0n) is 7.93. The Morgan fingerprint density at radius 2 is 2.09 bits per heavy atom. The summed E-state index contributed by atoms with van der Waals surface area (Å²) in [4.78, 5) is 2.26. The van der Waals surface area contributed by atoms with Gasteiger partial charge in [0.15, 0.2) is 0 Å². The van der Waals surface area contributed by atoms with Gasteiger partial charge in [-0.05, 0) is 39.9 Å². The van der Waals surface area contributed by atoms with Crippen LogP contribution in [0.1, 0.15) is 19.3 Å². The maximum Gasteiger partial charge on any atom is 0.0219 e. The molecule has 66 valence electrons. The first-order chi connectivity index (χ1) is 5.24. The highest BCUT2D eigenvalue weighted by Crippen LogP contribution is 2.29. The van der Waals surface area contributed by atoms with Gasteiger partial charge < -0.3 is 10.2 Å². The third kappa shape index (κ3) is 2.46. The summed E-state index contributed by atoms with van der Waals surface area (Å²) in [6, 6.07) is 0.721. The van der Waals surface area contributed by atoms with Gasteiger partial charge in [0.25, 0.3) is 0 Å². The average molecular weight is 156 g/mol. The molecule has 0 spiro atoms. The third-order valence-electron chi connectivity index (χ3n) is 2.65. The summed E-state index contributed by atoms with van der Waals surface area (Å²) in [5, 5.41) is 3.39. The van der Waals surface area contributed by atoms with E-state index >= 15 is 0 Å². The molecule has 1 fully saturated rings. The van der Waals surface area contributed by atoms with Crippen molar-refractivity contribution in [3.63, 3.8) is 0 Å². The van der Waals surface area contributed by atoms with E-state index in [4.69, 9.17) is 0 Å². The minimum atomic E-state index is 0.721. The van der Waals surface area contributed by atoms with Crippen LogP contribution in [0.15, 0.2) is 0 Å². The number of likely N-dealkylation sites (N-methyl/N-ethyl adjacent to an activating group) is 2. The van der Waals surface area contributed by atoms with Crippen molar-refractivity contribution in [2.45, 2.75) is 25.3 Å². The number of hydrogen-bond acceptors (Lipinski definition) is 2. The lowest BCUT2D eigenvalue weighted by atomic mass is 9.79. The maximum absolute atomic E-state index is 3.39. The van der Waals surface area contributed by atoms with Crippen molar-refractivity contribution in [1.29, 1.82) is 0 Å². The van der Waals surface area contributed by atoms with Crippen LogP contribution in [0.25, 0.3) is 0 Å². The largest absolute Gasteiger partial charge is 0.315 e. The molecule has 1 saturated carbocycles. The quantitative estimate of drug-likeness (QED) is 0.651. The highest BCUT2D eigenvalue weighted by Gasteiger charge is 2.25. The summed E-state index contributed by atoms with van der Waals surface area (Å²) < 4.78 is 0. The molecule has 0 aromatic heterocycles. The first kappa shape index (κ1) is 9.01. The van der Waals surface area contributed by atoms with E-state index in [9.17, 15) is 0 Å². The van der Waals surface area contributed by atoms with E-state index < -0.39 is 0 Å². The summed E-state index contributed by atoms with van der Waals surface area (Å²) >= 11 is 0. The van der Waals surface area contributed by atoms with Gasteiger partial charge in [0, 0.05) is 12.6 Å². The second-order valence-electron chi connectivity index (χ2n) is 3.85. The Kier molecular flexibility index (Phi) is 3.34. The van der Waals surface area contributed by atoms with Crippen LogP contribution in [0.5, 0.6) is 0 Å². The molecule has 0 heterocycles. The van der Waals surface area contributed by atoms with Crippen molar-refractivity contribution in [1.82, 2.24) is 10.2 Å². The molecule has 0 aromatic carbocycles. The van der Waals surface area contributed by atoms with E-state index in [0.29, 0.717) is 0 Å². The Balaban J connectivity index is 2.23. The van der Waals surface area contributed by atoms with Gasteiger partial charge >= 0.3 is 0 Å². The van der Waals surface area contributed by atoms with Crippen LogP contribution >= 0.6 is 0 Å². The Morgan fingerprint density at radius 3 is 2.36 bits per heavy atom. The molecule has 1 rings (SSSR count). The van der Waals surface area contributed by atoms with Crippen molar-refractivity contribution < 1.29 is 0 Å². The number of nitrogens with zero attached hydrogens (tertiary/aromatic N) is 1. The van der Waals surface area contributed by atoms with Gasteiger partial charge in [-0.15, -0.1) is 0 Å². The molecule has 1 N–H and O–H groups in total. The normalized spacial score (nSPS) is 21.8. The molecule has 2 nitrogen and oxygen atoms in total. The Hall–Kier alpha value is -0.0800. The fourth-order valence-corrected chi connectivity index (χ4v) is 1.71. The van der Waals surface area contributed by atoms with E-state index in [-0.39, 0.29) is 0 Å². The van der Waals surface area contributed by atoms with Gasteiger partial charge in [0.05, 0.1) is 0 Å². The first-order valence-electron chi connectivity index (χ1n) is 4.56. The third-order valence-corrected chi connectivity index (χ3v) is 2.65. The van der Waals surface area contributed by atoms with Crippen molar-refractivity contribution in [3.05, 3.63) is 0 Å². The van der Waals surface area contributed by atoms with Crippen LogP contribution in [0, 0.1) is 5.92 Å². The molecule has 0 aliphatic heterocycles. The fourth-order valence-electron chi connectivity index (χ4n) is 1.71. The molecule has 0 radical (unpaired) electrons. The number of rotatable bonds is 4. The van der Waals surface area contributed by atoms with E-state index in [0.717, 1.165) is 12.0 Å². The molecule has 1 unspecified atom stereocenters. The van der Waals surface area contributed by atoms with Crippen molar-refractivity contribution >= 4 is 0 Å². The standard InChI is InChI=1S/C9H20N2/c1-10-9(7-11(2)3)8-5-4-6-8/h8-10H,4-7H2,1-3H3. The molecule has 0 bridgehead atoms. The summed E-state index contributed by atoms with van der Waals surface area (Å²) in [5.74, 6) is 0.947. The molecule has 0 saturated heterocycles. The molecule has 1 aliphatic rings. The number of nitrogens with one attached hydrogen (secondary N) is 1. The van der Waals surface area contributed by atoms with Gasteiger partial charge in [0.2, 0.25) is 0 Å². The highest BCUT2D eigenvalue weighted by molar-refractivity contribution is 4.82. The molecule has 1 atom stereocenters. The molecule has 1 aliphatic carbocycles. The van der Waals surface area contributed by atoms with E-state index in [1.165, 1.54) is 25.8 Å². The van der Waals surface area contributed by atoms with Crippen LogP contribution in [-0.4, -0.2) is 38.6 Å². The molecule has 2 heteroatoms. The van der Waals surface area contributed by atoms with Crippen LogP contribution in [0.2, 0.25) is 0 Å². The second-order valence-corrected chi connectivity index (χ2v) is 3.85. The first-order valence-corrected chi connectivity index (χ1v) is 4.56. The maximum atomic E-state index is 3.39. The molecule has 0 amide bonds. The minimum Gasteiger partial charge on any atom is -0.315 e. The van der Waals surface area contributed by atoms with Crippen molar-refractivity contribution in [2.75, 3.05) is 27.7 Å². The zero-order chi connectivity index (χ0) is 8.27. The van der Waals surface area contributed by atoms with Gasteiger partial charge in [-0.2, -0.15) is 0 Å². The van der Waals surface area contributed by atoms with Gasteiger partial charge in [0.1, 0.15) is 0 Å². The predicted octanol–water partition coefficient (Wildman–Crippen LogP) is 0.936. The van der Waals surface area contributed by atoms with Gasteiger partial charge in [-0.3, -0.25) is 0 Å².